The summed E-state index contributed by atoms with van der Waals surface area (Å²) in [5, 5.41) is 9.46. The van der Waals surface area contributed by atoms with E-state index in [2.05, 4.69) is 4.98 Å². The summed E-state index contributed by atoms with van der Waals surface area (Å²) in [4.78, 5) is 45.6. The van der Waals surface area contributed by atoms with Crippen LogP contribution in [0.2, 0.25) is 5.02 Å². The SMILES string of the molecule is Cc1cc(-c2ccccc2O[C@H](C)CC(=O)O)cc(F)c1C(=O)N1CCC(N2C(=O)C(C)(C)Oc3ncc(Cl)cc32)CC1. The van der Waals surface area contributed by atoms with Gasteiger partial charge in [-0.2, -0.15) is 0 Å². The Labute approximate surface area is 254 Å². The first-order valence-electron chi connectivity index (χ1n) is 14.1. The van der Waals surface area contributed by atoms with E-state index in [1.54, 1.807) is 73.9 Å². The first-order chi connectivity index (χ1) is 20.4. The van der Waals surface area contributed by atoms with Gasteiger partial charge in [-0.15, -0.1) is 0 Å². The van der Waals surface area contributed by atoms with E-state index in [1.165, 1.54) is 12.3 Å². The molecule has 0 saturated carbocycles. The molecule has 0 spiro atoms. The van der Waals surface area contributed by atoms with Crippen molar-refractivity contribution < 1.29 is 33.4 Å². The minimum atomic E-state index is -1.11. The monoisotopic (exact) mass is 609 g/mol. The maximum Gasteiger partial charge on any atom is 0.307 e. The van der Waals surface area contributed by atoms with Crippen LogP contribution in [0.5, 0.6) is 11.6 Å². The fraction of sp³-hybridized carbons (Fsp3) is 0.375. The molecule has 3 aromatic rings. The third-order valence-electron chi connectivity index (χ3n) is 7.75. The van der Waals surface area contributed by atoms with Crippen molar-refractivity contribution in [3.8, 4) is 22.8 Å². The van der Waals surface area contributed by atoms with Gasteiger partial charge in [0.25, 0.3) is 11.8 Å². The summed E-state index contributed by atoms with van der Waals surface area (Å²) in [6.45, 7) is 7.38. The number of halogens is 2. The molecule has 226 valence electrons. The number of rotatable bonds is 7. The smallest absolute Gasteiger partial charge is 0.307 e. The second-order valence-electron chi connectivity index (χ2n) is 11.5. The number of benzene rings is 2. The number of hydrogen-bond acceptors (Lipinski definition) is 6. The molecule has 9 nitrogen and oxygen atoms in total. The standard InChI is InChI=1S/C32H33ClFN3O6/c1-18-13-20(23-7-5-6-8-26(23)42-19(2)14-27(38)39)15-24(34)28(18)30(40)36-11-9-22(10-12-36)37-25-16-21(33)17-35-29(25)43-32(3,4)31(37)41/h5-8,13,15-17,19,22H,9-12,14H2,1-4H3,(H,38,39)/t19-/m1/s1. The molecule has 2 amide bonds. The Morgan fingerprint density at radius 1 is 1.21 bits per heavy atom. The number of nitrogens with zero attached hydrogens (tertiary/aromatic N) is 3. The van der Waals surface area contributed by atoms with Gasteiger partial charge in [-0.1, -0.05) is 35.9 Å². The number of carboxylic acids is 1. The fourth-order valence-corrected chi connectivity index (χ4v) is 5.83. The van der Waals surface area contributed by atoms with Crippen molar-refractivity contribution in [3.05, 3.63) is 70.6 Å². The molecule has 11 heteroatoms. The lowest BCUT2D eigenvalue weighted by Gasteiger charge is -2.44. The van der Waals surface area contributed by atoms with E-state index in [9.17, 15) is 14.4 Å². The number of aryl methyl sites for hydroxylation is 1. The number of ether oxygens (including phenoxy) is 2. The molecule has 5 rings (SSSR count). The third-order valence-corrected chi connectivity index (χ3v) is 7.96. The zero-order valence-corrected chi connectivity index (χ0v) is 25.2. The number of piperidine rings is 1. The molecule has 0 bridgehead atoms. The van der Waals surface area contributed by atoms with Gasteiger partial charge in [0.1, 0.15) is 23.4 Å². The second kappa shape index (κ2) is 11.8. The van der Waals surface area contributed by atoms with E-state index >= 15 is 4.39 Å². The Morgan fingerprint density at radius 2 is 1.91 bits per heavy atom. The number of pyridine rings is 1. The number of carbonyl (C=O) groups excluding carboxylic acids is 2. The number of aromatic nitrogens is 1. The van der Waals surface area contributed by atoms with Gasteiger partial charge in [0.05, 0.1) is 17.0 Å². The molecule has 1 fully saturated rings. The molecule has 0 radical (unpaired) electrons. The van der Waals surface area contributed by atoms with Crippen molar-refractivity contribution in [2.45, 2.75) is 64.7 Å². The predicted octanol–water partition coefficient (Wildman–Crippen LogP) is 5.90. The highest BCUT2D eigenvalue weighted by atomic mass is 35.5. The largest absolute Gasteiger partial charge is 0.489 e. The van der Waals surface area contributed by atoms with Gasteiger partial charge < -0.3 is 24.4 Å². The van der Waals surface area contributed by atoms with E-state index < -0.39 is 29.4 Å². The van der Waals surface area contributed by atoms with Gasteiger partial charge in [-0.05, 0) is 69.9 Å². The highest BCUT2D eigenvalue weighted by Gasteiger charge is 2.45. The van der Waals surface area contributed by atoms with Crippen molar-refractivity contribution >= 4 is 35.1 Å². The van der Waals surface area contributed by atoms with Crippen LogP contribution in [-0.2, 0) is 9.59 Å². The quantitative estimate of drug-likeness (QED) is 0.355. The van der Waals surface area contributed by atoms with Crippen molar-refractivity contribution in [2.24, 2.45) is 0 Å². The predicted molar refractivity (Wildman–Crippen MR) is 159 cm³/mol. The highest BCUT2D eigenvalue weighted by Crippen LogP contribution is 2.40. The number of likely N-dealkylation sites (tertiary alicyclic amines) is 1. The van der Waals surface area contributed by atoms with Crippen LogP contribution < -0.4 is 14.4 Å². The molecule has 3 heterocycles. The van der Waals surface area contributed by atoms with Crippen LogP contribution in [-0.4, -0.2) is 63.6 Å². The topological polar surface area (TPSA) is 109 Å². The first-order valence-corrected chi connectivity index (χ1v) is 14.5. The molecule has 43 heavy (non-hydrogen) atoms. The van der Waals surface area contributed by atoms with E-state index in [-0.39, 0.29) is 23.9 Å². The number of para-hydroxylation sites is 1. The van der Waals surface area contributed by atoms with Crippen LogP contribution in [0.4, 0.5) is 10.1 Å². The third kappa shape index (κ3) is 6.15. The Bertz CT molecular complexity index is 1560. The Kier molecular flexibility index (Phi) is 8.34. The van der Waals surface area contributed by atoms with Crippen molar-refractivity contribution in [1.29, 1.82) is 0 Å². The van der Waals surface area contributed by atoms with Crippen LogP contribution in [0.1, 0.15) is 56.0 Å². The molecule has 1 aromatic heterocycles. The second-order valence-corrected chi connectivity index (χ2v) is 11.9. The maximum atomic E-state index is 15.6. The van der Waals surface area contributed by atoms with Crippen molar-refractivity contribution in [3.63, 3.8) is 0 Å². The summed E-state index contributed by atoms with van der Waals surface area (Å²) in [6.07, 6.45) is 1.67. The number of hydrogen-bond donors (Lipinski definition) is 1. The average Bonchev–Trinajstić information content (AvgIpc) is 2.93. The molecule has 0 unspecified atom stereocenters. The van der Waals surface area contributed by atoms with Crippen LogP contribution in [0.3, 0.4) is 0 Å². The van der Waals surface area contributed by atoms with Gasteiger partial charge in [-0.3, -0.25) is 14.4 Å². The summed E-state index contributed by atoms with van der Waals surface area (Å²) < 4.78 is 27.3. The van der Waals surface area contributed by atoms with E-state index in [1.807, 2.05) is 0 Å². The van der Waals surface area contributed by atoms with Crippen LogP contribution >= 0.6 is 11.6 Å². The van der Waals surface area contributed by atoms with Crippen LogP contribution in [0.25, 0.3) is 11.1 Å². The zero-order valence-electron chi connectivity index (χ0n) is 24.4. The number of anilines is 1. The summed E-state index contributed by atoms with van der Waals surface area (Å²) in [5.74, 6) is -1.52. The molecule has 2 aliphatic rings. The lowest BCUT2D eigenvalue weighted by atomic mass is 9.95. The molecule has 1 atom stereocenters. The lowest BCUT2D eigenvalue weighted by Crippen LogP contribution is -2.58. The Balaban J connectivity index is 1.34. The van der Waals surface area contributed by atoms with Crippen molar-refractivity contribution in [2.75, 3.05) is 18.0 Å². The summed E-state index contributed by atoms with van der Waals surface area (Å²) in [7, 11) is 0. The number of amides is 2. The summed E-state index contributed by atoms with van der Waals surface area (Å²) in [5.41, 5.74) is 0.957. The molecule has 0 aliphatic carbocycles. The van der Waals surface area contributed by atoms with Crippen molar-refractivity contribution in [1.82, 2.24) is 9.88 Å². The molecular formula is C32H33ClFN3O6. The zero-order chi connectivity index (χ0) is 31.1. The molecular weight excluding hydrogens is 577 g/mol. The van der Waals surface area contributed by atoms with Crippen LogP contribution in [0.15, 0.2) is 48.7 Å². The fourth-order valence-electron chi connectivity index (χ4n) is 5.68. The highest BCUT2D eigenvalue weighted by molar-refractivity contribution is 6.31. The van der Waals surface area contributed by atoms with Gasteiger partial charge in [-0.25, -0.2) is 9.37 Å². The summed E-state index contributed by atoms with van der Waals surface area (Å²) >= 11 is 6.19. The van der Waals surface area contributed by atoms with E-state index in [0.717, 1.165) is 0 Å². The van der Waals surface area contributed by atoms with Crippen LogP contribution in [0, 0.1) is 12.7 Å². The number of carboxylic acid groups (broad SMARTS) is 1. The average molecular weight is 610 g/mol. The van der Waals surface area contributed by atoms with Gasteiger partial charge >= 0.3 is 5.97 Å². The summed E-state index contributed by atoms with van der Waals surface area (Å²) in [6, 6.07) is 11.5. The molecule has 2 aromatic carbocycles. The number of carbonyl (C=O) groups is 3. The minimum absolute atomic E-state index is 0.00949. The molecule has 1 saturated heterocycles. The minimum Gasteiger partial charge on any atom is -0.489 e. The van der Waals surface area contributed by atoms with E-state index in [0.29, 0.717) is 65.0 Å². The first kappa shape index (κ1) is 30.3. The Hall–Kier alpha value is -4.18. The lowest BCUT2D eigenvalue weighted by molar-refractivity contribution is -0.138. The molecule has 1 N–H and O–H groups in total. The van der Waals surface area contributed by atoms with E-state index in [4.69, 9.17) is 26.2 Å². The Morgan fingerprint density at radius 3 is 2.58 bits per heavy atom. The van der Waals surface area contributed by atoms with Gasteiger partial charge in [0, 0.05) is 30.9 Å². The van der Waals surface area contributed by atoms with Gasteiger partial charge in [0.2, 0.25) is 5.88 Å². The number of aliphatic carboxylic acids is 1. The number of fused-ring (bicyclic) bond motifs is 1. The van der Waals surface area contributed by atoms with Gasteiger partial charge in [0.15, 0.2) is 5.60 Å². The normalized spacial score (nSPS) is 17.2. The molecule has 2 aliphatic heterocycles. The maximum absolute atomic E-state index is 15.6.